The molecule has 2 atom stereocenters. The zero-order chi connectivity index (χ0) is 18.9. The average Bonchev–Trinajstić information content (AvgIpc) is 3.16. The van der Waals surface area contributed by atoms with E-state index in [1.54, 1.807) is 13.8 Å². The third-order valence-corrected chi connectivity index (χ3v) is 4.48. The summed E-state index contributed by atoms with van der Waals surface area (Å²) in [4.78, 5) is 47.2. The second-order valence-electron chi connectivity index (χ2n) is 6.35. The van der Waals surface area contributed by atoms with E-state index in [0.717, 1.165) is 0 Å². The number of carboxylic acids is 1. The summed E-state index contributed by atoms with van der Waals surface area (Å²) < 4.78 is 9.28. The summed E-state index contributed by atoms with van der Waals surface area (Å²) in [6.07, 6.45) is 0. The van der Waals surface area contributed by atoms with E-state index < -0.39 is 41.1 Å². The predicted octanol–water partition coefficient (Wildman–Crippen LogP) is 1.56. The minimum absolute atomic E-state index is 0.0498. The number of methoxy groups -OCH3 is 2. The molecule has 0 unspecified atom stereocenters. The number of nitrogens with one attached hydrogen (secondary N) is 1. The molecule has 2 rings (SSSR count). The predicted molar refractivity (Wildman–Crippen MR) is 86.1 cm³/mol. The summed E-state index contributed by atoms with van der Waals surface area (Å²) >= 11 is 0. The lowest BCUT2D eigenvalue weighted by Gasteiger charge is -2.12. The number of rotatable bonds is 5. The van der Waals surface area contributed by atoms with Crippen LogP contribution in [-0.2, 0) is 19.1 Å². The smallest absolute Gasteiger partial charge is 0.339 e. The molecule has 0 heterocycles. The van der Waals surface area contributed by atoms with Crippen molar-refractivity contribution in [1.29, 1.82) is 0 Å². The van der Waals surface area contributed by atoms with Crippen LogP contribution in [0, 0.1) is 17.3 Å². The van der Waals surface area contributed by atoms with Crippen molar-refractivity contribution in [3.63, 3.8) is 0 Å². The van der Waals surface area contributed by atoms with E-state index in [9.17, 15) is 24.3 Å². The zero-order valence-electron chi connectivity index (χ0n) is 14.3. The first-order valence-electron chi connectivity index (χ1n) is 7.49. The Morgan fingerprint density at radius 3 is 2.12 bits per heavy atom. The molecule has 0 saturated heterocycles. The Morgan fingerprint density at radius 2 is 1.64 bits per heavy atom. The third-order valence-electron chi connectivity index (χ3n) is 4.48. The maximum Gasteiger partial charge on any atom is 0.339 e. The fourth-order valence-corrected chi connectivity index (χ4v) is 2.98. The highest BCUT2D eigenvalue weighted by atomic mass is 16.5. The molecule has 1 aromatic carbocycles. The van der Waals surface area contributed by atoms with Crippen molar-refractivity contribution in [2.45, 2.75) is 13.8 Å². The minimum atomic E-state index is -1.05. The number of amides is 1. The molecule has 0 aromatic heterocycles. The number of hydrogen-bond donors (Lipinski definition) is 2. The molecular formula is C17H19NO7. The lowest BCUT2D eigenvalue weighted by Crippen LogP contribution is -2.20. The molecule has 0 spiro atoms. The summed E-state index contributed by atoms with van der Waals surface area (Å²) in [5.41, 5.74) is -0.447. The summed E-state index contributed by atoms with van der Waals surface area (Å²) in [6, 6.07) is 4.00. The molecule has 134 valence electrons. The molecule has 2 N–H and O–H groups in total. The molecule has 0 radical (unpaired) electrons. The van der Waals surface area contributed by atoms with Crippen LogP contribution in [0.4, 0.5) is 5.69 Å². The van der Waals surface area contributed by atoms with Gasteiger partial charge >= 0.3 is 17.9 Å². The van der Waals surface area contributed by atoms with Gasteiger partial charge < -0.3 is 19.9 Å². The number of ether oxygens (including phenoxy) is 2. The Bertz CT molecular complexity index is 753. The van der Waals surface area contributed by atoms with Gasteiger partial charge in [-0.3, -0.25) is 9.59 Å². The molecule has 0 aliphatic heterocycles. The molecule has 1 aliphatic rings. The highest BCUT2D eigenvalue weighted by Crippen LogP contribution is 2.58. The van der Waals surface area contributed by atoms with Crippen LogP contribution in [0.25, 0.3) is 0 Å². The summed E-state index contributed by atoms with van der Waals surface area (Å²) in [5.74, 6) is -4.47. The van der Waals surface area contributed by atoms with Gasteiger partial charge in [-0.15, -0.1) is 0 Å². The molecule has 0 bridgehead atoms. The monoisotopic (exact) mass is 349 g/mol. The van der Waals surface area contributed by atoms with E-state index in [2.05, 4.69) is 14.8 Å². The van der Waals surface area contributed by atoms with Crippen LogP contribution in [0.1, 0.15) is 34.6 Å². The molecular weight excluding hydrogens is 330 g/mol. The fraction of sp³-hybridized carbons (Fsp3) is 0.412. The average molecular weight is 349 g/mol. The number of anilines is 1. The Morgan fingerprint density at radius 1 is 1.04 bits per heavy atom. The first-order chi connectivity index (χ1) is 11.6. The van der Waals surface area contributed by atoms with E-state index in [1.807, 2.05) is 0 Å². The van der Waals surface area contributed by atoms with Crippen LogP contribution < -0.4 is 5.32 Å². The van der Waals surface area contributed by atoms with Gasteiger partial charge in [0.15, 0.2) is 0 Å². The fourth-order valence-electron chi connectivity index (χ4n) is 2.98. The number of carbonyl (C=O) groups is 4. The number of benzene rings is 1. The van der Waals surface area contributed by atoms with Crippen LogP contribution in [0.5, 0.6) is 0 Å². The van der Waals surface area contributed by atoms with Crippen molar-refractivity contribution >= 4 is 29.5 Å². The van der Waals surface area contributed by atoms with Crippen molar-refractivity contribution < 1.29 is 33.8 Å². The quantitative estimate of drug-likeness (QED) is 0.774. The molecule has 1 fully saturated rings. The van der Waals surface area contributed by atoms with Gasteiger partial charge in [-0.05, 0) is 23.6 Å². The van der Waals surface area contributed by atoms with Gasteiger partial charge in [0.2, 0.25) is 5.91 Å². The van der Waals surface area contributed by atoms with Crippen molar-refractivity contribution in [2.75, 3.05) is 19.5 Å². The lowest BCUT2D eigenvalue weighted by atomic mass is 10.1. The number of hydrogen-bond acceptors (Lipinski definition) is 6. The largest absolute Gasteiger partial charge is 0.481 e. The topological polar surface area (TPSA) is 119 Å². The zero-order valence-corrected chi connectivity index (χ0v) is 14.3. The number of carboxylic acid groups (broad SMARTS) is 1. The molecule has 8 nitrogen and oxygen atoms in total. The minimum Gasteiger partial charge on any atom is -0.481 e. The van der Waals surface area contributed by atoms with Gasteiger partial charge in [0.05, 0.1) is 42.9 Å². The Hall–Kier alpha value is -2.90. The van der Waals surface area contributed by atoms with Crippen molar-refractivity contribution in [1.82, 2.24) is 0 Å². The van der Waals surface area contributed by atoms with Gasteiger partial charge in [-0.25, -0.2) is 9.59 Å². The number of aliphatic carboxylic acids is 1. The van der Waals surface area contributed by atoms with Crippen LogP contribution in [-0.4, -0.2) is 43.1 Å². The molecule has 8 heteroatoms. The van der Waals surface area contributed by atoms with Crippen LogP contribution >= 0.6 is 0 Å². The second-order valence-corrected chi connectivity index (χ2v) is 6.35. The molecule has 1 aliphatic carbocycles. The number of esters is 2. The van der Waals surface area contributed by atoms with Gasteiger partial charge in [0, 0.05) is 0 Å². The summed E-state index contributed by atoms with van der Waals surface area (Å²) in [6.45, 7) is 3.37. The molecule has 1 amide bonds. The summed E-state index contributed by atoms with van der Waals surface area (Å²) in [7, 11) is 2.39. The Kier molecular flexibility index (Phi) is 4.82. The highest BCUT2D eigenvalue weighted by Gasteiger charge is 2.65. The number of carbonyl (C=O) groups excluding carboxylic acids is 3. The van der Waals surface area contributed by atoms with E-state index >= 15 is 0 Å². The van der Waals surface area contributed by atoms with E-state index in [1.165, 1.54) is 32.4 Å². The molecule has 25 heavy (non-hydrogen) atoms. The van der Waals surface area contributed by atoms with Gasteiger partial charge in [-0.2, -0.15) is 0 Å². The van der Waals surface area contributed by atoms with Crippen LogP contribution in [0.3, 0.4) is 0 Å². The van der Waals surface area contributed by atoms with Crippen molar-refractivity contribution in [3.05, 3.63) is 29.3 Å². The second kappa shape index (κ2) is 6.54. The lowest BCUT2D eigenvalue weighted by molar-refractivity contribution is -0.140. The van der Waals surface area contributed by atoms with Gasteiger partial charge in [0.25, 0.3) is 0 Å². The maximum absolute atomic E-state index is 12.5. The van der Waals surface area contributed by atoms with Crippen molar-refractivity contribution in [3.8, 4) is 0 Å². The summed E-state index contributed by atoms with van der Waals surface area (Å²) in [5, 5.41) is 11.7. The third kappa shape index (κ3) is 3.33. The van der Waals surface area contributed by atoms with Crippen molar-refractivity contribution in [2.24, 2.45) is 17.3 Å². The SMILES string of the molecule is COC(=O)c1ccc(C(=O)OC)c(NC(=O)[C@H]2[C@@H](C(=O)O)C2(C)C)c1. The Labute approximate surface area is 144 Å². The van der Waals surface area contributed by atoms with Gasteiger partial charge in [0.1, 0.15) is 0 Å². The highest BCUT2D eigenvalue weighted by molar-refractivity contribution is 6.06. The van der Waals surface area contributed by atoms with E-state index in [4.69, 9.17) is 0 Å². The standard InChI is InChI=1S/C17H19NO7/c1-17(2)11(12(17)14(20)21)13(19)18-10-7-8(15(22)24-3)5-6-9(10)16(23)25-4/h5-7,11-12H,1-4H3,(H,18,19)(H,20,21)/t11-,12+/m1/s1. The maximum atomic E-state index is 12.5. The first kappa shape index (κ1) is 18.4. The molecule has 1 aromatic rings. The van der Waals surface area contributed by atoms with E-state index in [-0.39, 0.29) is 16.8 Å². The van der Waals surface area contributed by atoms with E-state index in [0.29, 0.717) is 0 Å². The van der Waals surface area contributed by atoms with Gasteiger partial charge in [-0.1, -0.05) is 13.8 Å². The molecule has 1 saturated carbocycles. The first-order valence-corrected chi connectivity index (χ1v) is 7.49. The van der Waals surface area contributed by atoms with Crippen LogP contribution in [0.2, 0.25) is 0 Å². The van der Waals surface area contributed by atoms with Crippen LogP contribution in [0.15, 0.2) is 18.2 Å². The normalized spacial score (nSPS) is 20.3. The Balaban J connectivity index is 2.33.